The van der Waals surface area contributed by atoms with Gasteiger partial charge in [-0.2, -0.15) is 0 Å². The standard InChI is InChI=1S/C13H21N3O/c1-13(2,10-17-14)11-6-5-7-15-12(11)16-8-3-4-9-16/h5-7H,3-4,8-10,14H2,1-2H3. The van der Waals surface area contributed by atoms with E-state index in [0.29, 0.717) is 6.61 Å². The third-order valence-corrected chi connectivity index (χ3v) is 3.37. The lowest BCUT2D eigenvalue weighted by atomic mass is 9.85. The molecule has 17 heavy (non-hydrogen) atoms. The summed E-state index contributed by atoms with van der Waals surface area (Å²) in [5.41, 5.74) is 1.10. The molecule has 0 aromatic carbocycles. The summed E-state index contributed by atoms with van der Waals surface area (Å²) in [6.45, 7) is 6.97. The number of hydrogen-bond acceptors (Lipinski definition) is 4. The van der Waals surface area contributed by atoms with Crippen molar-refractivity contribution in [3.05, 3.63) is 23.9 Å². The molecule has 4 heteroatoms. The maximum Gasteiger partial charge on any atom is 0.132 e. The van der Waals surface area contributed by atoms with Crippen molar-refractivity contribution in [2.45, 2.75) is 32.1 Å². The van der Waals surface area contributed by atoms with Crippen molar-refractivity contribution >= 4 is 5.82 Å². The highest BCUT2D eigenvalue weighted by molar-refractivity contribution is 5.51. The van der Waals surface area contributed by atoms with Gasteiger partial charge in [0.25, 0.3) is 0 Å². The van der Waals surface area contributed by atoms with Gasteiger partial charge in [0.1, 0.15) is 5.82 Å². The van der Waals surface area contributed by atoms with E-state index >= 15 is 0 Å². The first-order chi connectivity index (χ1) is 8.15. The first-order valence-corrected chi connectivity index (χ1v) is 6.17. The molecule has 0 aliphatic carbocycles. The van der Waals surface area contributed by atoms with Crippen LogP contribution in [-0.4, -0.2) is 24.7 Å². The Morgan fingerprint density at radius 3 is 2.76 bits per heavy atom. The first-order valence-electron chi connectivity index (χ1n) is 6.17. The van der Waals surface area contributed by atoms with Gasteiger partial charge in [0.05, 0.1) is 6.61 Å². The Balaban J connectivity index is 2.32. The van der Waals surface area contributed by atoms with Crippen LogP contribution in [-0.2, 0) is 10.3 Å². The average Bonchev–Trinajstić information content (AvgIpc) is 2.82. The molecule has 0 amide bonds. The fourth-order valence-electron chi connectivity index (χ4n) is 2.39. The van der Waals surface area contributed by atoms with E-state index in [9.17, 15) is 0 Å². The Labute approximate surface area is 103 Å². The molecular weight excluding hydrogens is 214 g/mol. The predicted octanol–water partition coefficient (Wildman–Crippen LogP) is 1.85. The highest BCUT2D eigenvalue weighted by Crippen LogP contribution is 2.32. The molecule has 1 aromatic heterocycles. The van der Waals surface area contributed by atoms with E-state index in [-0.39, 0.29) is 5.41 Å². The van der Waals surface area contributed by atoms with Gasteiger partial charge in [0.15, 0.2) is 0 Å². The highest BCUT2D eigenvalue weighted by Gasteiger charge is 2.27. The number of nitrogens with two attached hydrogens (primary N) is 1. The Kier molecular flexibility index (Phi) is 3.64. The van der Waals surface area contributed by atoms with Crippen LogP contribution >= 0.6 is 0 Å². The summed E-state index contributed by atoms with van der Waals surface area (Å²) < 4.78 is 0. The van der Waals surface area contributed by atoms with Crippen LogP contribution in [0.5, 0.6) is 0 Å². The molecule has 2 rings (SSSR count). The molecule has 2 N–H and O–H groups in total. The normalized spacial score (nSPS) is 16.5. The summed E-state index contributed by atoms with van der Waals surface area (Å²) in [4.78, 5) is 11.7. The van der Waals surface area contributed by atoms with Crippen molar-refractivity contribution in [2.75, 3.05) is 24.6 Å². The number of anilines is 1. The quantitative estimate of drug-likeness (QED) is 0.809. The second-order valence-corrected chi connectivity index (χ2v) is 5.26. The molecule has 4 nitrogen and oxygen atoms in total. The second-order valence-electron chi connectivity index (χ2n) is 5.26. The molecular formula is C13H21N3O. The van der Waals surface area contributed by atoms with Crippen LogP contribution in [0.1, 0.15) is 32.3 Å². The third kappa shape index (κ3) is 2.58. The van der Waals surface area contributed by atoms with Crippen LogP contribution in [0, 0.1) is 0 Å². The molecule has 0 atom stereocenters. The molecule has 0 unspecified atom stereocenters. The van der Waals surface area contributed by atoms with Gasteiger partial charge in [0.2, 0.25) is 0 Å². The van der Waals surface area contributed by atoms with Gasteiger partial charge in [-0.3, -0.25) is 0 Å². The van der Waals surface area contributed by atoms with Gasteiger partial charge >= 0.3 is 0 Å². The van der Waals surface area contributed by atoms with E-state index in [4.69, 9.17) is 10.7 Å². The van der Waals surface area contributed by atoms with E-state index in [1.165, 1.54) is 18.4 Å². The lowest BCUT2D eigenvalue weighted by molar-refractivity contribution is 0.0964. The van der Waals surface area contributed by atoms with Crippen LogP contribution < -0.4 is 10.8 Å². The van der Waals surface area contributed by atoms with Crippen LogP contribution in [0.15, 0.2) is 18.3 Å². The first kappa shape index (κ1) is 12.3. The van der Waals surface area contributed by atoms with E-state index < -0.39 is 0 Å². The zero-order chi connectivity index (χ0) is 12.3. The molecule has 94 valence electrons. The minimum absolute atomic E-state index is 0.110. The topological polar surface area (TPSA) is 51.4 Å². The Bertz CT molecular complexity index is 373. The highest BCUT2D eigenvalue weighted by atomic mass is 16.6. The van der Waals surface area contributed by atoms with Crippen molar-refractivity contribution in [3.8, 4) is 0 Å². The summed E-state index contributed by atoms with van der Waals surface area (Å²) >= 11 is 0. The molecule has 1 aromatic rings. The van der Waals surface area contributed by atoms with Crippen LogP contribution in [0.3, 0.4) is 0 Å². The van der Waals surface area contributed by atoms with Gasteiger partial charge in [-0.1, -0.05) is 19.9 Å². The van der Waals surface area contributed by atoms with Crippen molar-refractivity contribution in [1.82, 2.24) is 4.98 Å². The second kappa shape index (κ2) is 5.02. The summed E-state index contributed by atoms with van der Waals surface area (Å²) in [5, 5.41) is 0. The van der Waals surface area contributed by atoms with E-state index in [1.807, 2.05) is 12.3 Å². The number of hydrogen-bond donors (Lipinski definition) is 1. The fraction of sp³-hybridized carbons (Fsp3) is 0.615. The third-order valence-electron chi connectivity index (χ3n) is 3.37. The number of rotatable bonds is 4. The van der Waals surface area contributed by atoms with Gasteiger partial charge in [-0.05, 0) is 18.9 Å². The molecule has 0 spiro atoms. The molecule has 1 fully saturated rings. The van der Waals surface area contributed by atoms with Gasteiger partial charge < -0.3 is 9.74 Å². The maximum atomic E-state index is 5.22. The predicted molar refractivity (Wildman–Crippen MR) is 68.8 cm³/mol. The lowest BCUT2D eigenvalue weighted by Crippen LogP contribution is -2.30. The van der Waals surface area contributed by atoms with Gasteiger partial charge in [0, 0.05) is 30.3 Å². The summed E-state index contributed by atoms with van der Waals surface area (Å²) in [5.74, 6) is 6.31. The van der Waals surface area contributed by atoms with Crippen LogP contribution in [0.2, 0.25) is 0 Å². The van der Waals surface area contributed by atoms with Gasteiger partial charge in [-0.25, -0.2) is 10.9 Å². The molecule has 0 saturated carbocycles. The molecule has 0 bridgehead atoms. The number of nitrogens with zero attached hydrogens (tertiary/aromatic N) is 2. The Hall–Kier alpha value is -1.13. The monoisotopic (exact) mass is 235 g/mol. The minimum Gasteiger partial charge on any atom is -0.356 e. The molecule has 0 radical (unpaired) electrons. The van der Waals surface area contributed by atoms with Crippen molar-refractivity contribution in [2.24, 2.45) is 5.90 Å². The minimum atomic E-state index is -0.110. The van der Waals surface area contributed by atoms with Crippen LogP contribution in [0.4, 0.5) is 5.82 Å². The van der Waals surface area contributed by atoms with Crippen molar-refractivity contribution < 1.29 is 4.84 Å². The Morgan fingerprint density at radius 2 is 2.12 bits per heavy atom. The molecule has 2 heterocycles. The maximum absolute atomic E-state index is 5.22. The van der Waals surface area contributed by atoms with Crippen molar-refractivity contribution in [3.63, 3.8) is 0 Å². The SMILES string of the molecule is CC(C)(CON)c1cccnc1N1CCCC1. The summed E-state index contributed by atoms with van der Waals surface area (Å²) in [7, 11) is 0. The zero-order valence-electron chi connectivity index (χ0n) is 10.6. The molecule has 1 aliphatic rings. The number of pyridine rings is 1. The van der Waals surface area contributed by atoms with Crippen LogP contribution in [0.25, 0.3) is 0 Å². The van der Waals surface area contributed by atoms with E-state index in [0.717, 1.165) is 18.9 Å². The van der Waals surface area contributed by atoms with E-state index in [1.54, 1.807) is 0 Å². The summed E-state index contributed by atoms with van der Waals surface area (Å²) in [6.07, 6.45) is 4.37. The zero-order valence-corrected chi connectivity index (χ0v) is 10.6. The smallest absolute Gasteiger partial charge is 0.132 e. The summed E-state index contributed by atoms with van der Waals surface area (Å²) in [6, 6.07) is 4.10. The Morgan fingerprint density at radius 1 is 1.41 bits per heavy atom. The molecule has 1 saturated heterocycles. The van der Waals surface area contributed by atoms with E-state index in [2.05, 4.69) is 29.8 Å². The number of aromatic nitrogens is 1. The average molecular weight is 235 g/mol. The van der Waals surface area contributed by atoms with Crippen molar-refractivity contribution in [1.29, 1.82) is 0 Å². The molecule has 1 aliphatic heterocycles. The lowest BCUT2D eigenvalue weighted by Gasteiger charge is -2.29. The largest absolute Gasteiger partial charge is 0.356 e. The fourth-order valence-corrected chi connectivity index (χ4v) is 2.39. The van der Waals surface area contributed by atoms with Gasteiger partial charge in [-0.15, -0.1) is 0 Å².